The Morgan fingerprint density at radius 1 is 1.08 bits per heavy atom. The Morgan fingerprint density at radius 3 is 2.56 bits per heavy atom. The number of benzene rings is 1. The molecule has 0 saturated carbocycles. The van der Waals surface area contributed by atoms with E-state index >= 15 is 0 Å². The molecule has 2 fully saturated rings. The number of hydrogen-bond acceptors (Lipinski definition) is 4. The van der Waals surface area contributed by atoms with Gasteiger partial charge in [0.1, 0.15) is 13.2 Å². The van der Waals surface area contributed by atoms with Crippen LogP contribution in [-0.2, 0) is 22.4 Å². The van der Waals surface area contributed by atoms with Crippen molar-refractivity contribution in [2.75, 3.05) is 45.9 Å². The molecule has 0 unspecified atom stereocenters. The maximum atomic E-state index is 12.4. The van der Waals surface area contributed by atoms with E-state index in [1.165, 1.54) is 22.4 Å². The monoisotopic (exact) mass is 343 g/mol. The highest BCUT2D eigenvalue weighted by atomic mass is 16.6. The highest BCUT2D eigenvalue weighted by Crippen LogP contribution is 2.25. The van der Waals surface area contributed by atoms with Crippen molar-refractivity contribution in [1.82, 2.24) is 14.7 Å². The van der Waals surface area contributed by atoms with E-state index < -0.39 is 0 Å². The zero-order valence-corrected chi connectivity index (χ0v) is 14.5. The van der Waals surface area contributed by atoms with Gasteiger partial charge < -0.3 is 9.64 Å². The smallest absolute Gasteiger partial charge is 0.410 e. The number of nitrogens with zero attached hydrogens (tertiary/aromatic N) is 3. The van der Waals surface area contributed by atoms with Crippen molar-refractivity contribution in [3.8, 4) is 0 Å². The minimum atomic E-state index is -0.368. The largest absolute Gasteiger partial charge is 0.448 e. The van der Waals surface area contributed by atoms with Gasteiger partial charge in [-0.3, -0.25) is 14.6 Å². The summed E-state index contributed by atoms with van der Waals surface area (Å²) in [5, 5.41) is 0. The first-order valence-electron chi connectivity index (χ1n) is 9.21. The van der Waals surface area contributed by atoms with E-state index in [-0.39, 0.29) is 18.5 Å². The van der Waals surface area contributed by atoms with Gasteiger partial charge in [0.25, 0.3) is 0 Å². The lowest BCUT2D eigenvalue weighted by Crippen LogP contribution is -2.54. The summed E-state index contributed by atoms with van der Waals surface area (Å²) in [6.07, 6.45) is 3.10. The predicted molar refractivity (Wildman–Crippen MR) is 93.3 cm³/mol. The summed E-state index contributed by atoms with van der Waals surface area (Å²) in [4.78, 5) is 29.8. The minimum Gasteiger partial charge on any atom is -0.448 e. The first kappa shape index (κ1) is 16.4. The summed E-state index contributed by atoms with van der Waals surface area (Å²) >= 11 is 0. The third-order valence-corrected chi connectivity index (χ3v) is 5.68. The van der Waals surface area contributed by atoms with Crippen LogP contribution in [0.3, 0.4) is 0 Å². The molecule has 1 aromatic carbocycles. The highest BCUT2D eigenvalue weighted by Gasteiger charge is 2.31. The quantitative estimate of drug-likeness (QED) is 0.826. The average Bonchev–Trinajstić information content (AvgIpc) is 3.06. The number of carbonyl (C=O) groups is 2. The van der Waals surface area contributed by atoms with Crippen molar-refractivity contribution in [2.45, 2.75) is 25.3 Å². The molecule has 0 bridgehead atoms. The molecule has 1 aliphatic carbocycles. The number of fused-ring (bicyclic) bond motifs is 1. The summed E-state index contributed by atoms with van der Waals surface area (Å²) in [6, 6.07) is 9.32. The van der Waals surface area contributed by atoms with Gasteiger partial charge in [0.05, 0.1) is 6.54 Å². The number of ether oxygens (including phenoxy) is 1. The molecular formula is C19H25N3O3. The van der Waals surface area contributed by atoms with Crippen molar-refractivity contribution in [1.29, 1.82) is 0 Å². The molecule has 0 spiro atoms. The third kappa shape index (κ3) is 3.49. The van der Waals surface area contributed by atoms with Crippen LogP contribution in [0, 0.1) is 0 Å². The van der Waals surface area contributed by atoms with Crippen LogP contribution in [0.15, 0.2) is 24.3 Å². The molecule has 4 rings (SSSR count). The van der Waals surface area contributed by atoms with Crippen molar-refractivity contribution >= 4 is 12.0 Å². The Balaban J connectivity index is 1.28. The van der Waals surface area contributed by atoms with Crippen LogP contribution >= 0.6 is 0 Å². The highest BCUT2D eigenvalue weighted by molar-refractivity contribution is 5.83. The first-order chi connectivity index (χ1) is 12.2. The molecule has 1 aromatic rings. The van der Waals surface area contributed by atoms with E-state index in [9.17, 15) is 9.59 Å². The van der Waals surface area contributed by atoms with Gasteiger partial charge in [-0.25, -0.2) is 4.79 Å². The molecule has 3 aliphatic rings. The molecular weight excluding hydrogens is 318 g/mol. The number of aryl methyl sites for hydroxylation is 1. The summed E-state index contributed by atoms with van der Waals surface area (Å²) in [5.41, 5.74) is 2.97. The summed E-state index contributed by atoms with van der Waals surface area (Å²) in [5.74, 6) is 0.0347. The molecule has 2 aliphatic heterocycles. The number of cyclic esters (lactones) is 1. The molecule has 134 valence electrons. The maximum Gasteiger partial charge on any atom is 0.410 e. The van der Waals surface area contributed by atoms with Gasteiger partial charge in [-0.1, -0.05) is 24.3 Å². The number of hydrogen-bond donors (Lipinski definition) is 0. The normalized spacial score (nSPS) is 24.2. The van der Waals surface area contributed by atoms with Gasteiger partial charge in [-0.05, 0) is 30.4 Å². The van der Waals surface area contributed by atoms with Gasteiger partial charge in [0.2, 0.25) is 5.91 Å². The number of amides is 2. The van der Waals surface area contributed by atoms with Crippen LogP contribution in [0.1, 0.15) is 17.5 Å². The second-order valence-electron chi connectivity index (χ2n) is 7.12. The number of carbonyl (C=O) groups excluding carboxylic acids is 2. The second kappa shape index (κ2) is 7.04. The van der Waals surface area contributed by atoms with Gasteiger partial charge in [-0.15, -0.1) is 0 Å². The van der Waals surface area contributed by atoms with Gasteiger partial charge in [0, 0.05) is 32.2 Å². The molecule has 2 heterocycles. The van der Waals surface area contributed by atoms with Crippen molar-refractivity contribution in [2.24, 2.45) is 0 Å². The fraction of sp³-hybridized carbons (Fsp3) is 0.579. The second-order valence-corrected chi connectivity index (χ2v) is 7.12. The van der Waals surface area contributed by atoms with E-state index in [1.807, 2.05) is 4.90 Å². The standard InChI is InChI=1S/C19H25N3O3/c23-18(14-22-11-12-25-19(22)24)21-9-7-20(8-10-21)17-6-5-15-3-1-2-4-16(15)13-17/h1-4,17H,5-14H2/t17-/m1/s1. The maximum absolute atomic E-state index is 12.4. The average molecular weight is 343 g/mol. The Kier molecular flexibility index (Phi) is 4.61. The SMILES string of the molecule is O=C(CN1CCOC1=O)N1CCN([C@@H]2CCc3ccccc3C2)CC1. The van der Waals surface area contributed by atoms with E-state index in [4.69, 9.17) is 4.74 Å². The fourth-order valence-electron chi connectivity index (χ4n) is 4.16. The predicted octanol–water partition coefficient (Wildman–Crippen LogP) is 1.14. The van der Waals surface area contributed by atoms with E-state index in [2.05, 4.69) is 29.2 Å². The van der Waals surface area contributed by atoms with Crippen molar-refractivity contribution < 1.29 is 14.3 Å². The number of piperazine rings is 1. The lowest BCUT2D eigenvalue weighted by atomic mass is 9.87. The minimum absolute atomic E-state index is 0.0347. The topological polar surface area (TPSA) is 53.1 Å². The Labute approximate surface area is 148 Å². The van der Waals surface area contributed by atoms with Crippen LogP contribution in [0.5, 0.6) is 0 Å². The van der Waals surface area contributed by atoms with Crippen LogP contribution in [0.4, 0.5) is 4.79 Å². The van der Waals surface area contributed by atoms with Crippen LogP contribution in [0.25, 0.3) is 0 Å². The molecule has 1 atom stereocenters. The number of rotatable bonds is 3. The fourth-order valence-corrected chi connectivity index (χ4v) is 4.16. The molecule has 0 aromatic heterocycles. The molecule has 6 nitrogen and oxygen atoms in total. The summed E-state index contributed by atoms with van der Waals surface area (Å²) in [7, 11) is 0. The lowest BCUT2D eigenvalue weighted by Gasteiger charge is -2.41. The van der Waals surface area contributed by atoms with Crippen molar-refractivity contribution in [3.63, 3.8) is 0 Å². The van der Waals surface area contributed by atoms with E-state index in [1.54, 1.807) is 0 Å². The zero-order chi connectivity index (χ0) is 17.2. The van der Waals surface area contributed by atoms with Gasteiger partial charge >= 0.3 is 6.09 Å². The summed E-state index contributed by atoms with van der Waals surface area (Å²) < 4.78 is 4.89. The Hall–Kier alpha value is -2.08. The van der Waals surface area contributed by atoms with Crippen LogP contribution < -0.4 is 0 Å². The molecule has 0 N–H and O–H groups in total. The Bertz CT molecular complexity index is 655. The third-order valence-electron chi connectivity index (χ3n) is 5.68. The molecule has 2 amide bonds. The molecule has 0 radical (unpaired) electrons. The lowest BCUT2D eigenvalue weighted by molar-refractivity contribution is -0.133. The van der Waals surface area contributed by atoms with Gasteiger partial charge in [0.15, 0.2) is 0 Å². The Morgan fingerprint density at radius 2 is 1.84 bits per heavy atom. The first-order valence-corrected chi connectivity index (χ1v) is 9.21. The van der Waals surface area contributed by atoms with E-state index in [0.29, 0.717) is 19.2 Å². The summed E-state index contributed by atoms with van der Waals surface area (Å²) in [6.45, 7) is 4.40. The van der Waals surface area contributed by atoms with Crippen LogP contribution in [0.2, 0.25) is 0 Å². The zero-order valence-electron chi connectivity index (χ0n) is 14.5. The van der Waals surface area contributed by atoms with Gasteiger partial charge in [-0.2, -0.15) is 0 Å². The van der Waals surface area contributed by atoms with Crippen LogP contribution in [-0.4, -0.2) is 78.6 Å². The molecule has 6 heteroatoms. The van der Waals surface area contributed by atoms with E-state index in [0.717, 1.165) is 39.0 Å². The molecule has 2 saturated heterocycles. The molecule has 25 heavy (non-hydrogen) atoms. The van der Waals surface area contributed by atoms with Crippen molar-refractivity contribution in [3.05, 3.63) is 35.4 Å².